The molecule has 2 fully saturated rings. The van der Waals surface area contributed by atoms with Gasteiger partial charge in [-0.1, -0.05) is 41.6 Å². The fourth-order valence-corrected chi connectivity index (χ4v) is 4.54. The number of benzene rings is 2. The van der Waals surface area contributed by atoms with E-state index in [0.717, 1.165) is 17.3 Å². The fraction of sp³-hybridized carbons (Fsp3) is 0.348. The van der Waals surface area contributed by atoms with Crippen LogP contribution in [-0.2, 0) is 16.0 Å². The summed E-state index contributed by atoms with van der Waals surface area (Å²) in [7, 11) is 0. The molecule has 2 heterocycles. The maximum absolute atomic E-state index is 12.3. The molecule has 2 aliphatic heterocycles. The Labute approximate surface area is 200 Å². The van der Waals surface area contributed by atoms with E-state index in [1.165, 1.54) is 0 Å². The molecule has 2 saturated heterocycles. The Morgan fingerprint density at radius 2 is 1.94 bits per heavy atom. The Morgan fingerprint density at radius 3 is 2.64 bits per heavy atom. The number of imide groups is 1. The lowest BCUT2D eigenvalue weighted by Crippen LogP contribution is -2.38. The number of thioether (sulfide) groups is 1. The minimum absolute atomic E-state index is 0.196. The molecule has 33 heavy (non-hydrogen) atoms. The maximum atomic E-state index is 12.3. The van der Waals surface area contributed by atoms with Crippen molar-refractivity contribution in [2.75, 3.05) is 19.8 Å². The first kappa shape index (κ1) is 23.3. The van der Waals surface area contributed by atoms with Crippen molar-refractivity contribution in [1.29, 1.82) is 0 Å². The van der Waals surface area contributed by atoms with Crippen LogP contribution in [0.2, 0.25) is 5.02 Å². The first-order valence-corrected chi connectivity index (χ1v) is 11.7. The number of cyclic esters (lactones) is 1. The molecule has 0 saturated carbocycles. The number of hydrogen-bond acceptors (Lipinski definition) is 7. The summed E-state index contributed by atoms with van der Waals surface area (Å²) in [6, 6.07) is 14.2. The highest BCUT2D eigenvalue weighted by atomic mass is 35.5. The van der Waals surface area contributed by atoms with Gasteiger partial charge < -0.3 is 14.2 Å². The van der Waals surface area contributed by atoms with Crippen molar-refractivity contribution in [2.24, 2.45) is 0 Å². The molecule has 0 radical (unpaired) electrons. The quantitative estimate of drug-likeness (QED) is 0.569. The van der Waals surface area contributed by atoms with Crippen LogP contribution in [0, 0.1) is 0 Å². The van der Waals surface area contributed by atoms with Crippen LogP contribution in [0.5, 0.6) is 11.5 Å². The molecule has 4 rings (SSSR count). The van der Waals surface area contributed by atoms with Crippen molar-refractivity contribution in [3.05, 3.63) is 59.1 Å². The van der Waals surface area contributed by atoms with Gasteiger partial charge in [-0.2, -0.15) is 0 Å². The van der Waals surface area contributed by atoms with Gasteiger partial charge in [-0.3, -0.25) is 19.8 Å². The molecule has 2 aromatic rings. The summed E-state index contributed by atoms with van der Waals surface area (Å²) in [5.74, 6) is 1.02. The molecule has 174 valence electrons. The summed E-state index contributed by atoms with van der Waals surface area (Å²) < 4.78 is 16.9. The largest absolute Gasteiger partial charge is 0.491 e. The average molecular weight is 491 g/mol. The van der Waals surface area contributed by atoms with Crippen LogP contribution in [0.15, 0.2) is 48.5 Å². The first-order chi connectivity index (χ1) is 15.9. The Morgan fingerprint density at radius 1 is 1.15 bits per heavy atom. The standard InChI is InChI=1S/C23H23ClN2O6S/c1-14(26-11-19(32-23(26)29)13-31-18-4-2-3-16(24)10-18)12-30-17-7-5-15(6-8-17)9-20-21(27)25-22(28)33-20/h2-8,10,14,19-20H,9,11-13H2,1H3,(H,25,27,28). The van der Waals surface area contributed by atoms with Crippen molar-refractivity contribution >= 4 is 40.6 Å². The van der Waals surface area contributed by atoms with E-state index in [2.05, 4.69) is 5.32 Å². The minimum Gasteiger partial charge on any atom is -0.491 e. The zero-order valence-electron chi connectivity index (χ0n) is 17.9. The number of amides is 3. The van der Waals surface area contributed by atoms with Crippen LogP contribution in [0.1, 0.15) is 12.5 Å². The van der Waals surface area contributed by atoms with Gasteiger partial charge in [0.05, 0.1) is 17.8 Å². The smallest absolute Gasteiger partial charge is 0.410 e. The number of nitrogens with zero attached hydrogens (tertiary/aromatic N) is 1. The molecule has 2 aromatic carbocycles. The van der Waals surface area contributed by atoms with E-state index in [1.54, 1.807) is 29.2 Å². The predicted octanol–water partition coefficient (Wildman–Crippen LogP) is 3.90. The third kappa shape index (κ3) is 6.11. The molecule has 0 spiro atoms. The van der Waals surface area contributed by atoms with Crippen molar-refractivity contribution in [3.8, 4) is 11.5 Å². The second kappa shape index (κ2) is 10.4. The van der Waals surface area contributed by atoms with Gasteiger partial charge in [-0.25, -0.2) is 4.79 Å². The number of carbonyl (C=O) groups excluding carboxylic acids is 3. The number of nitrogens with one attached hydrogen (secondary N) is 1. The van der Waals surface area contributed by atoms with Crippen LogP contribution >= 0.6 is 23.4 Å². The molecule has 0 aliphatic carbocycles. The third-order valence-corrected chi connectivity index (χ3v) is 6.49. The summed E-state index contributed by atoms with van der Waals surface area (Å²) >= 11 is 6.96. The van der Waals surface area contributed by atoms with Gasteiger partial charge in [0.1, 0.15) is 24.7 Å². The number of halogens is 1. The molecule has 3 amide bonds. The molecular formula is C23H23ClN2O6S. The molecule has 8 nitrogen and oxygen atoms in total. The van der Waals surface area contributed by atoms with Crippen LogP contribution < -0.4 is 14.8 Å². The number of carbonyl (C=O) groups is 3. The molecule has 0 bridgehead atoms. The van der Waals surface area contributed by atoms with Crippen molar-refractivity contribution in [3.63, 3.8) is 0 Å². The Bertz CT molecular complexity index is 1030. The molecular weight excluding hydrogens is 468 g/mol. The van der Waals surface area contributed by atoms with E-state index in [9.17, 15) is 14.4 Å². The minimum atomic E-state index is -0.402. The lowest BCUT2D eigenvalue weighted by molar-refractivity contribution is -0.118. The van der Waals surface area contributed by atoms with E-state index in [-0.39, 0.29) is 29.9 Å². The van der Waals surface area contributed by atoms with Crippen LogP contribution in [0.4, 0.5) is 9.59 Å². The summed E-state index contributed by atoms with van der Waals surface area (Å²) in [5.41, 5.74) is 0.934. The van der Waals surface area contributed by atoms with Gasteiger partial charge in [0.2, 0.25) is 5.91 Å². The monoisotopic (exact) mass is 490 g/mol. The van der Waals surface area contributed by atoms with Gasteiger partial charge in [-0.05, 0) is 49.2 Å². The highest BCUT2D eigenvalue weighted by molar-refractivity contribution is 8.15. The summed E-state index contributed by atoms with van der Waals surface area (Å²) in [6.45, 7) is 2.83. The van der Waals surface area contributed by atoms with Crippen molar-refractivity contribution in [1.82, 2.24) is 10.2 Å². The maximum Gasteiger partial charge on any atom is 0.410 e. The van der Waals surface area contributed by atoms with Crippen LogP contribution in [0.25, 0.3) is 0 Å². The number of ether oxygens (including phenoxy) is 3. The first-order valence-electron chi connectivity index (χ1n) is 10.5. The van der Waals surface area contributed by atoms with E-state index in [4.69, 9.17) is 25.8 Å². The third-order valence-electron chi connectivity index (χ3n) is 5.27. The van der Waals surface area contributed by atoms with Crippen LogP contribution in [-0.4, -0.2) is 59.3 Å². The van der Waals surface area contributed by atoms with Crippen LogP contribution in [0.3, 0.4) is 0 Å². The summed E-state index contributed by atoms with van der Waals surface area (Å²) in [4.78, 5) is 36.9. The Balaban J connectivity index is 1.23. The molecule has 0 aromatic heterocycles. The van der Waals surface area contributed by atoms with Crippen molar-refractivity contribution in [2.45, 2.75) is 30.7 Å². The predicted molar refractivity (Wildman–Crippen MR) is 124 cm³/mol. The van der Waals surface area contributed by atoms with Gasteiger partial charge in [0.25, 0.3) is 5.24 Å². The molecule has 1 N–H and O–H groups in total. The van der Waals surface area contributed by atoms with Gasteiger partial charge in [0, 0.05) is 5.02 Å². The van der Waals surface area contributed by atoms with E-state index in [1.807, 2.05) is 31.2 Å². The lowest BCUT2D eigenvalue weighted by atomic mass is 10.1. The normalized spacial score (nSPS) is 21.0. The second-order valence-electron chi connectivity index (χ2n) is 7.82. The lowest BCUT2D eigenvalue weighted by Gasteiger charge is -2.22. The highest BCUT2D eigenvalue weighted by Crippen LogP contribution is 2.24. The van der Waals surface area contributed by atoms with Crippen molar-refractivity contribution < 1.29 is 28.6 Å². The number of hydrogen-bond donors (Lipinski definition) is 1. The van der Waals surface area contributed by atoms with Gasteiger partial charge in [0.15, 0.2) is 6.10 Å². The van der Waals surface area contributed by atoms with E-state index in [0.29, 0.717) is 36.1 Å². The average Bonchev–Trinajstić information content (AvgIpc) is 3.32. The molecule has 3 unspecified atom stereocenters. The topological polar surface area (TPSA) is 94.2 Å². The Kier molecular flexibility index (Phi) is 7.29. The second-order valence-corrected chi connectivity index (χ2v) is 9.43. The highest BCUT2D eigenvalue weighted by Gasteiger charge is 2.35. The van der Waals surface area contributed by atoms with E-state index >= 15 is 0 Å². The zero-order valence-corrected chi connectivity index (χ0v) is 19.4. The Hall–Kier alpha value is -2.91. The summed E-state index contributed by atoms with van der Waals surface area (Å²) in [6.07, 6.45) is -0.309. The molecule has 10 heteroatoms. The zero-order chi connectivity index (χ0) is 23.4. The summed E-state index contributed by atoms with van der Waals surface area (Å²) in [5, 5.41) is 2.16. The van der Waals surface area contributed by atoms with E-state index < -0.39 is 11.3 Å². The van der Waals surface area contributed by atoms with Gasteiger partial charge >= 0.3 is 6.09 Å². The SMILES string of the molecule is CC(COc1ccc(CC2SC(=O)NC2=O)cc1)N1CC(COc2cccc(Cl)c2)OC1=O. The molecule has 2 aliphatic rings. The van der Waals surface area contributed by atoms with Gasteiger partial charge in [-0.15, -0.1) is 0 Å². The molecule has 3 atom stereocenters. The number of rotatable bonds is 9. The fourth-order valence-electron chi connectivity index (χ4n) is 3.50.